The summed E-state index contributed by atoms with van der Waals surface area (Å²) in [5.74, 6) is 0.438. The van der Waals surface area contributed by atoms with Crippen molar-refractivity contribution >= 4 is 0 Å². The molecule has 0 saturated carbocycles. The zero-order valence-electron chi connectivity index (χ0n) is 8.62. The SMILES string of the molecule is CCC(CC)C(O)CNC1COC1. The quantitative estimate of drug-likeness (QED) is 0.645. The van der Waals surface area contributed by atoms with Gasteiger partial charge in [0.05, 0.1) is 25.4 Å². The highest BCUT2D eigenvalue weighted by Gasteiger charge is 2.21. The number of aliphatic hydroxyl groups excluding tert-OH is 1. The molecule has 0 aromatic carbocycles. The molecule has 1 heterocycles. The Morgan fingerprint density at radius 3 is 2.38 bits per heavy atom. The molecule has 0 aliphatic carbocycles. The van der Waals surface area contributed by atoms with Gasteiger partial charge in [0.15, 0.2) is 0 Å². The maximum Gasteiger partial charge on any atom is 0.0692 e. The van der Waals surface area contributed by atoms with Crippen LogP contribution in [0.25, 0.3) is 0 Å². The van der Waals surface area contributed by atoms with Crippen LogP contribution in [-0.2, 0) is 4.74 Å². The first kappa shape index (κ1) is 11.0. The summed E-state index contributed by atoms with van der Waals surface area (Å²) in [4.78, 5) is 0. The van der Waals surface area contributed by atoms with E-state index in [2.05, 4.69) is 19.2 Å². The number of ether oxygens (including phenoxy) is 1. The van der Waals surface area contributed by atoms with E-state index < -0.39 is 0 Å². The number of hydrogen-bond donors (Lipinski definition) is 2. The largest absolute Gasteiger partial charge is 0.392 e. The van der Waals surface area contributed by atoms with Crippen LogP contribution in [0.15, 0.2) is 0 Å². The molecular weight excluding hydrogens is 166 g/mol. The van der Waals surface area contributed by atoms with Crippen LogP contribution < -0.4 is 5.32 Å². The fourth-order valence-corrected chi connectivity index (χ4v) is 1.64. The van der Waals surface area contributed by atoms with Gasteiger partial charge < -0.3 is 15.2 Å². The molecule has 1 saturated heterocycles. The second kappa shape index (κ2) is 5.58. The lowest BCUT2D eigenvalue weighted by Gasteiger charge is -2.29. The van der Waals surface area contributed by atoms with Crippen molar-refractivity contribution in [3.05, 3.63) is 0 Å². The minimum atomic E-state index is -0.199. The Labute approximate surface area is 80.5 Å². The summed E-state index contributed by atoms with van der Waals surface area (Å²) in [5, 5.41) is 13.1. The monoisotopic (exact) mass is 187 g/mol. The van der Waals surface area contributed by atoms with Crippen LogP contribution in [0.5, 0.6) is 0 Å². The minimum Gasteiger partial charge on any atom is -0.392 e. The molecule has 3 heteroatoms. The van der Waals surface area contributed by atoms with Crippen molar-refractivity contribution in [1.82, 2.24) is 5.32 Å². The van der Waals surface area contributed by atoms with E-state index in [0.717, 1.165) is 26.1 Å². The first-order valence-electron chi connectivity index (χ1n) is 5.27. The van der Waals surface area contributed by atoms with Crippen molar-refractivity contribution in [1.29, 1.82) is 0 Å². The number of hydrogen-bond acceptors (Lipinski definition) is 3. The summed E-state index contributed by atoms with van der Waals surface area (Å²) in [5.41, 5.74) is 0. The molecule has 13 heavy (non-hydrogen) atoms. The van der Waals surface area contributed by atoms with Gasteiger partial charge in [0.1, 0.15) is 0 Å². The Balaban J connectivity index is 2.10. The Hall–Kier alpha value is -0.120. The fraction of sp³-hybridized carbons (Fsp3) is 1.00. The highest BCUT2D eigenvalue weighted by Crippen LogP contribution is 2.12. The van der Waals surface area contributed by atoms with Gasteiger partial charge in [0, 0.05) is 6.54 Å². The lowest BCUT2D eigenvalue weighted by atomic mass is 9.96. The third-order valence-corrected chi connectivity index (χ3v) is 2.85. The van der Waals surface area contributed by atoms with Crippen molar-refractivity contribution in [2.24, 2.45) is 5.92 Å². The van der Waals surface area contributed by atoms with Crippen LogP contribution in [0.3, 0.4) is 0 Å². The van der Waals surface area contributed by atoms with Gasteiger partial charge in [-0.05, 0) is 5.92 Å². The molecule has 1 atom stereocenters. The lowest BCUT2D eigenvalue weighted by Crippen LogP contribution is -2.49. The molecule has 1 fully saturated rings. The van der Waals surface area contributed by atoms with E-state index in [1.54, 1.807) is 0 Å². The van der Waals surface area contributed by atoms with E-state index in [-0.39, 0.29) is 6.10 Å². The average molecular weight is 187 g/mol. The molecule has 0 amide bonds. The predicted molar refractivity (Wildman–Crippen MR) is 52.7 cm³/mol. The van der Waals surface area contributed by atoms with Crippen molar-refractivity contribution in [2.45, 2.75) is 38.8 Å². The van der Waals surface area contributed by atoms with Gasteiger partial charge >= 0.3 is 0 Å². The Morgan fingerprint density at radius 2 is 2.00 bits per heavy atom. The normalized spacial score (nSPS) is 20.3. The Morgan fingerprint density at radius 1 is 1.38 bits per heavy atom. The van der Waals surface area contributed by atoms with Gasteiger partial charge in [-0.1, -0.05) is 26.7 Å². The molecule has 78 valence electrons. The molecule has 1 unspecified atom stereocenters. The van der Waals surface area contributed by atoms with E-state index >= 15 is 0 Å². The molecule has 0 aromatic heterocycles. The summed E-state index contributed by atoms with van der Waals surface area (Å²) in [6.45, 7) is 6.57. The summed E-state index contributed by atoms with van der Waals surface area (Å²) in [7, 11) is 0. The molecule has 0 bridgehead atoms. The first-order chi connectivity index (χ1) is 6.27. The molecule has 0 spiro atoms. The minimum absolute atomic E-state index is 0.199. The molecule has 2 N–H and O–H groups in total. The summed E-state index contributed by atoms with van der Waals surface area (Å²) < 4.78 is 5.04. The van der Waals surface area contributed by atoms with Crippen LogP contribution >= 0.6 is 0 Å². The van der Waals surface area contributed by atoms with Gasteiger partial charge in [-0.15, -0.1) is 0 Å². The van der Waals surface area contributed by atoms with Crippen molar-refractivity contribution in [3.63, 3.8) is 0 Å². The molecular formula is C10H21NO2. The Kier molecular flexibility index (Phi) is 4.70. The molecule has 1 rings (SSSR count). The average Bonchev–Trinajstić information content (AvgIpc) is 2.04. The van der Waals surface area contributed by atoms with Gasteiger partial charge in [-0.3, -0.25) is 0 Å². The van der Waals surface area contributed by atoms with Gasteiger partial charge in [-0.2, -0.15) is 0 Å². The summed E-state index contributed by atoms with van der Waals surface area (Å²) >= 11 is 0. The number of rotatable bonds is 6. The summed E-state index contributed by atoms with van der Waals surface area (Å²) in [6, 6.07) is 0.476. The smallest absolute Gasteiger partial charge is 0.0692 e. The molecule has 0 radical (unpaired) electrons. The molecule has 3 nitrogen and oxygen atoms in total. The highest BCUT2D eigenvalue weighted by atomic mass is 16.5. The predicted octanol–water partition coefficient (Wildman–Crippen LogP) is 0.772. The van der Waals surface area contributed by atoms with Crippen molar-refractivity contribution in [2.75, 3.05) is 19.8 Å². The zero-order valence-corrected chi connectivity index (χ0v) is 8.62. The van der Waals surface area contributed by atoms with E-state index in [4.69, 9.17) is 4.74 Å². The van der Waals surface area contributed by atoms with Gasteiger partial charge in [0.25, 0.3) is 0 Å². The fourth-order valence-electron chi connectivity index (χ4n) is 1.64. The van der Waals surface area contributed by atoms with Crippen LogP contribution in [0, 0.1) is 5.92 Å². The van der Waals surface area contributed by atoms with Crippen LogP contribution in [0.2, 0.25) is 0 Å². The van der Waals surface area contributed by atoms with Crippen LogP contribution in [-0.4, -0.2) is 37.0 Å². The zero-order chi connectivity index (χ0) is 9.68. The summed E-state index contributed by atoms with van der Waals surface area (Å²) in [6.07, 6.45) is 1.91. The number of aliphatic hydroxyl groups is 1. The second-order valence-corrected chi connectivity index (χ2v) is 3.79. The topological polar surface area (TPSA) is 41.5 Å². The third kappa shape index (κ3) is 3.25. The van der Waals surface area contributed by atoms with E-state index in [0.29, 0.717) is 18.5 Å². The maximum atomic E-state index is 9.77. The second-order valence-electron chi connectivity index (χ2n) is 3.79. The van der Waals surface area contributed by atoms with Crippen molar-refractivity contribution in [3.8, 4) is 0 Å². The van der Waals surface area contributed by atoms with Crippen LogP contribution in [0.4, 0.5) is 0 Å². The van der Waals surface area contributed by atoms with Gasteiger partial charge in [0.2, 0.25) is 0 Å². The van der Waals surface area contributed by atoms with Crippen molar-refractivity contribution < 1.29 is 9.84 Å². The molecule has 1 aliphatic heterocycles. The maximum absolute atomic E-state index is 9.77. The highest BCUT2D eigenvalue weighted by molar-refractivity contribution is 4.76. The third-order valence-electron chi connectivity index (χ3n) is 2.85. The first-order valence-corrected chi connectivity index (χ1v) is 5.27. The van der Waals surface area contributed by atoms with E-state index in [1.807, 2.05) is 0 Å². The Bertz CT molecular complexity index is 133. The molecule has 1 aliphatic rings. The molecule has 0 aromatic rings. The van der Waals surface area contributed by atoms with Gasteiger partial charge in [-0.25, -0.2) is 0 Å². The standard InChI is InChI=1S/C10H21NO2/c1-3-8(4-2)10(12)5-11-9-6-13-7-9/h8-12H,3-7H2,1-2H3. The van der Waals surface area contributed by atoms with E-state index in [9.17, 15) is 5.11 Å². The lowest BCUT2D eigenvalue weighted by molar-refractivity contribution is -0.0131. The van der Waals surface area contributed by atoms with Crippen LogP contribution in [0.1, 0.15) is 26.7 Å². The van der Waals surface area contributed by atoms with E-state index in [1.165, 1.54) is 0 Å². The number of nitrogens with one attached hydrogen (secondary N) is 1.